The van der Waals surface area contributed by atoms with E-state index in [0.29, 0.717) is 23.5 Å². The van der Waals surface area contributed by atoms with Crippen LogP contribution in [0, 0.1) is 0 Å². The summed E-state index contributed by atoms with van der Waals surface area (Å²) in [5.41, 5.74) is 3.71. The molecular formula is C23H21N5O2. The highest BCUT2D eigenvalue weighted by Gasteiger charge is 2.07. The Morgan fingerprint density at radius 1 is 0.933 bits per heavy atom. The number of rotatable bonds is 5. The summed E-state index contributed by atoms with van der Waals surface area (Å²) in [6.07, 6.45) is 5.18. The van der Waals surface area contributed by atoms with Gasteiger partial charge in [-0.25, -0.2) is 4.79 Å². The van der Waals surface area contributed by atoms with Gasteiger partial charge < -0.3 is 20.5 Å². The molecule has 0 spiro atoms. The Bertz CT molecular complexity index is 1200. The van der Waals surface area contributed by atoms with Crippen LogP contribution in [0.1, 0.15) is 15.9 Å². The Hall–Kier alpha value is -4.13. The van der Waals surface area contributed by atoms with E-state index in [1.165, 1.54) is 0 Å². The number of benzene rings is 2. The fourth-order valence-corrected chi connectivity index (χ4v) is 3.18. The molecule has 0 saturated carbocycles. The SMILES string of the molecule is Cn1ccc2cc(NC(=O)Nc3cncc(CNC(=O)c4ccccc4)c3)ccc21. The predicted octanol–water partition coefficient (Wildman–Crippen LogP) is 4.15. The number of carbonyl (C=O) groups excluding carboxylic acids is 2. The van der Waals surface area contributed by atoms with Crippen molar-refractivity contribution in [2.24, 2.45) is 7.05 Å². The second-order valence-electron chi connectivity index (χ2n) is 6.91. The minimum Gasteiger partial charge on any atom is -0.351 e. The van der Waals surface area contributed by atoms with E-state index in [9.17, 15) is 9.59 Å². The number of amides is 3. The molecule has 7 nitrogen and oxygen atoms in total. The minimum absolute atomic E-state index is 0.164. The number of nitrogens with one attached hydrogen (secondary N) is 3. The van der Waals surface area contributed by atoms with Gasteiger partial charge in [-0.05, 0) is 48.0 Å². The summed E-state index contributed by atoms with van der Waals surface area (Å²) in [5, 5.41) is 9.49. The zero-order valence-corrected chi connectivity index (χ0v) is 16.4. The molecule has 2 aromatic heterocycles. The lowest BCUT2D eigenvalue weighted by molar-refractivity contribution is 0.0951. The van der Waals surface area contributed by atoms with Crippen LogP contribution in [-0.4, -0.2) is 21.5 Å². The van der Waals surface area contributed by atoms with Gasteiger partial charge in [-0.3, -0.25) is 9.78 Å². The first-order valence-electron chi connectivity index (χ1n) is 9.49. The Morgan fingerprint density at radius 3 is 2.57 bits per heavy atom. The number of fused-ring (bicyclic) bond motifs is 1. The molecule has 0 saturated heterocycles. The lowest BCUT2D eigenvalue weighted by Crippen LogP contribution is -2.23. The summed E-state index contributed by atoms with van der Waals surface area (Å²) >= 11 is 0. The van der Waals surface area contributed by atoms with Crippen LogP contribution in [0.3, 0.4) is 0 Å². The highest BCUT2D eigenvalue weighted by Crippen LogP contribution is 2.20. The van der Waals surface area contributed by atoms with Gasteiger partial charge in [0.15, 0.2) is 0 Å². The van der Waals surface area contributed by atoms with Crippen LogP contribution in [0.5, 0.6) is 0 Å². The summed E-state index contributed by atoms with van der Waals surface area (Å²) in [6.45, 7) is 0.308. The topological polar surface area (TPSA) is 88.1 Å². The molecule has 4 aromatic rings. The second kappa shape index (κ2) is 8.48. The van der Waals surface area contributed by atoms with E-state index in [0.717, 1.165) is 16.5 Å². The molecule has 0 radical (unpaired) electrons. The first-order valence-corrected chi connectivity index (χ1v) is 9.49. The first kappa shape index (κ1) is 19.2. The Labute approximate surface area is 173 Å². The quantitative estimate of drug-likeness (QED) is 0.471. The summed E-state index contributed by atoms with van der Waals surface area (Å²) in [4.78, 5) is 28.7. The van der Waals surface area contributed by atoms with E-state index in [2.05, 4.69) is 20.9 Å². The Balaban J connectivity index is 1.36. The highest BCUT2D eigenvalue weighted by molar-refractivity contribution is 6.01. The third-order valence-corrected chi connectivity index (χ3v) is 4.68. The molecule has 3 N–H and O–H groups in total. The molecule has 2 heterocycles. The van der Waals surface area contributed by atoms with Crippen LogP contribution >= 0.6 is 0 Å². The zero-order chi connectivity index (χ0) is 20.9. The fraction of sp³-hybridized carbons (Fsp3) is 0.0870. The molecule has 0 unspecified atom stereocenters. The number of aryl methyl sites for hydroxylation is 1. The third kappa shape index (κ3) is 4.47. The van der Waals surface area contributed by atoms with Crippen molar-refractivity contribution in [2.75, 3.05) is 10.6 Å². The van der Waals surface area contributed by atoms with Gasteiger partial charge in [-0.1, -0.05) is 18.2 Å². The van der Waals surface area contributed by atoms with Crippen LogP contribution in [-0.2, 0) is 13.6 Å². The summed E-state index contributed by atoms with van der Waals surface area (Å²) < 4.78 is 2.02. The smallest absolute Gasteiger partial charge is 0.323 e. The highest BCUT2D eigenvalue weighted by atomic mass is 16.2. The van der Waals surface area contributed by atoms with E-state index in [1.807, 2.05) is 60.3 Å². The van der Waals surface area contributed by atoms with Crippen molar-refractivity contribution >= 4 is 34.2 Å². The summed E-state index contributed by atoms with van der Waals surface area (Å²) in [6, 6.07) is 18.1. The van der Waals surface area contributed by atoms with Gasteiger partial charge in [-0.2, -0.15) is 0 Å². The predicted molar refractivity (Wildman–Crippen MR) is 117 cm³/mol. The molecule has 4 rings (SSSR count). The van der Waals surface area contributed by atoms with E-state index in [-0.39, 0.29) is 11.9 Å². The number of urea groups is 1. The van der Waals surface area contributed by atoms with Crippen molar-refractivity contribution in [3.8, 4) is 0 Å². The molecule has 3 amide bonds. The van der Waals surface area contributed by atoms with Crippen LogP contribution in [0.15, 0.2) is 79.3 Å². The zero-order valence-electron chi connectivity index (χ0n) is 16.4. The van der Waals surface area contributed by atoms with Crippen molar-refractivity contribution in [1.82, 2.24) is 14.9 Å². The van der Waals surface area contributed by atoms with Gasteiger partial charge in [0.2, 0.25) is 0 Å². The molecule has 0 aliphatic heterocycles. The van der Waals surface area contributed by atoms with E-state index >= 15 is 0 Å². The standard InChI is InChI=1S/C23H21N5O2/c1-28-10-9-18-12-19(7-8-21(18)28)26-23(30)27-20-11-16(13-24-15-20)14-25-22(29)17-5-3-2-4-6-17/h2-13,15H,14H2,1H3,(H,25,29)(H2,26,27,30). The number of nitrogens with zero attached hydrogens (tertiary/aromatic N) is 2. The van der Waals surface area contributed by atoms with Crippen molar-refractivity contribution in [1.29, 1.82) is 0 Å². The van der Waals surface area contributed by atoms with E-state index < -0.39 is 0 Å². The number of aromatic nitrogens is 2. The largest absolute Gasteiger partial charge is 0.351 e. The molecule has 30 heavy (non-hydrogen) atoms. The first-order chi connectivity index (χ1) is 14.6. The molecular weight excluding hydrogens is 378 g/mol. The van der Waals surface area contributed by atoms with Gasteiger partial charge >= 0.3 is 6.03 Å². The average molecular weight is 399 g/mol. The average Bonchev–Trinajstić information content (AvgIpc) is 3.13. The van der Waals surface area contributed by atoms with Gasteiger partial charge in [0, 0.05) is 48.1 Å². The lowest BCUT2D eigenvalue weighted by atomic mass is 10.2. The molecule has 150 valence electrons. The van der Waals surface area contributed by atoms with Gasteiger partial charge in [0.05, 0.1) is 11.9 Å². The van der Waals surface area contributed by atoms with E-state index in [4.69, 9.17) is 0 Å². The number of hydrogen-bond donors (Lipinski definition) is 3. The van der Waals surface area contributed by atoms with Gasteiger partial charge in [-0.15, -0.1) is 0 Å². The van der Waals surface area contributed by atoms with Crippen LogP contribution in [0.25, 0.3) is 10.9 Å². The summed E-state index contributed by atoms with van der Waals surface area (Å²) in [5.74, 6) is -0.164. The molecule has 0 aliphatic rings. The maximum atomic E-state index is 12.4. The van der Waals surface area contributed by atoms with E-state index in [1.54, 1.807) is 30.6 Å². The Morgan fingerprint density at radius 2 is 1.73 bits per heavy atom. The minimum atomic E-state index is -0.363. The molecule has 0 aliphatic carbocycles. The van der Waals surface area contributed by atoms with Crippen LogP contribution < -0.4 is 16.0 Å². The molecule has 0 atom stereocenters. The number of hydrogen-bond acceptors (Lipinski definition) is 3. The van der Waals surface area contributed by atoms with Gasteiger partial charge in [0.25, 0.3) is 5.91 Å². The third-order valence-electron chi connectivity index (χ3n) is 4.68. The van der Waals surface area contributed by atoms with Crippen molar-refractivity contribution in [3.63, 3.8) is 0 Å². The fourth-order valence-electron chi connectivity index (χ4n) is 3.18. The lowest BCUT2D eigenvalue weighted by Gasteiger charge is -2.10. The summed E-state index contributed by atoms with van der Waals surface area (Å²) in [7, 11) is 1.98. The maximum Gasteiger partial charge on any atom is 0.323 e. The molecule has 7 heteroatoms. The molecule has 0 fully saturated rings. The molecule has 0 bridgehead atoms. The van der Waals surface area contributed by atoms with Crippen molar-refractivity contribution in [2.45, 2.75) is 6.54 Å². The maximum absolute atomic E-state index is 12.4. The number of pyridine rings is 1. The Kier molecular flexibility index (Phi) is 5.43. The molecule has 2 aromatic carbocycles. The van der Waals surface area contributed by atoms with Gasteiger partial charge in [0.1, 0.15) is 0 Å². The van der Waals surface area contributed by atoms with Crippen LogP contribution in [0.2, 0.25) is 0 Å². The van der Waals surface area contributed by atoms with Crippen molar-refractivity contribution in [3.05, 3.63) is 90.4 Å². The second-order valence-corrected chi connectivity index (χ2v) is 6.91. The normalized spacial score (nSPS) is 10.6. The monoisotopic (exact) mass is 399 g/mol. The number of carbonyl (C=O) groups is 2. The number of anilines is 2. The van der Waals surface area contributed by atoms with Crippen molar-refractivity contribution < 1.29 is 9.59 Å². The van der Waals surface area contributed by atoms with Crippen LogP contribution in [0.4, 0.5) is 16.2 Å².